The van der Waals surface area contributed by atoms with Crippen LogP contribution in [0, 0.1) is 0 Å². The monoisotopic (exact) mass is 326 g/mol. The third-order valence-corrected chi connectivity index (χ3v) is 4.08. The van der Waals surface area contributed by atoms with Crippen molar-refractivity contribution in [3.05, 3.63) is 27.7 Å². The lowest BCUT2D eigenvalue weighted by molar-refractivity contribution is 0.345. The maximum atomic E-state index is 5.80. The van der Waals surface area contributed by atoms with E-state index < -0.39 is 0 Å². The molecule has 1 atom stereocenters. The minimum Gasteiger partial charge on any atom is -0.493 e. The topological polar surface area (TPSA) is 24.5 Å². The number of hydrogen-bond donors (Lipinski definition) is 1. The van der Waals surface area contributed by atoms with Gasteiger partial charge in [-0.25, -0.2) is 0 Å². The SMILES string of the molecule is CNC(CCN(C)C)Cc1cc(Br)cc2c1OCC2. The minimum absolute atomic E-state index is 0.491. The van der Waals surface area contributed by atoms with Gasteiger partial charge in [-0.15, -0.1) is 0 Å². The Hall–Kier alpha value is -0.580. The molecule has 0 amide bonds. The summed E-state index contributed by atoms with van der Waals surface area (Å²) in [7, 11) is 6.28. The van der Waals surface area contributed by atoms with Crippen molar-refractivity contribution in [3.8, 4) is 5.75 Å². The summed E-state index contributed by atoms with van der Waals surface area (Å²) in [5.41, 5.74) is 2.66. The molecule has 0 bridgehead atoms. The van der Waals surface area contributed by atoms with Crippen LogP contribution in [0.2, 0.25) is 0 Å². The molecule has 1 heterocycles. The van der Waals surface area contributed by atoms with E-state index in [2.05, 4.69) is 52.4 Å². The van der Waals surface area contributed by atoms with Gasteiger partial charge in [0.25, 0.3) is 0 Å². The van der Waals surface area contributed by atoms with Crippen LogP contribution in [0.4, 0.5) is 0 Å². The third kappa shape index (κ3) is 3.94. The minimum atomic E-state index is 0.491. The van der Waals surface area contributed by atoms with Gasteiger partial charge in [-0.3, -0.25) is 0 Å². The van der Waals surface area contributed by atoms with Gasteiger partial charge in [0.05, 0.1) is 6.61 Å². The Labute approximate surface area is 124 Å². The highest BCUT2D eigenvalue weighted by Gasteiger charge is 2.19. The van der Waals surface area contributed by atoms with Gasteiger partial charge in [0.15, 0.2) is 0 Å². The van der Waals surface area contributed by atoms with E-state index in [1.54, 1.807) is 0 Å². The van der Waals surface area contributed by atoms with Crippen LogP contribution in [-0.2, 0) is 12.8 Å². The highest BCUT2D eigenvalue weighted by molar-refractivity contribution is 9.10. The van der Waals surface area contributed by atoms with Crippen molar-refractivity contribution < 1.29 is 4.74 Å². The summed E-state index contributed by atoms with van der Waals surface area (Å²) < 4.78 is 6.96. The molecule has 4 heteroatoms. The van der Waals surface area contributed by atoms with Crippen molar-refractivity contribution in [3.63, 3.8) is 0 Å². The second-order valence-corrected chi connectivity index (χ2v) is 6.35. The number of nitrogens with one attached hydrogen (secondary N) is 1. The molecule has 1 unspecified atom stereocenters. The number of benzene rings is 1. The van der Waals surface area contributed by atoms with Crippen molar-refractivity contribution in [1.29, 1.82) is 0 Å². The Kier molecular flexibility index (Phi) is 5.25. The van der Waals surface area contributed by atoms with E-state index in [0.717, 1.165) is 42.6 Å². The first-order valence-electron chi connectivity index (χ1n) is 6.86. The molecule has 0 spiro atoms. The number of nitrogens with zero attached hydrogens (tertiary/aromatic N) is 1. The van der Waals surface area contributed by atoms with Crippen LogP contribution in [0.3, 0.4) is 0 Å². The maximum absolute atomic E-state index is 5.80. The molecule has 3 nitrogen and oxygen atoms in total. The standard InChI is InChI=1S/C15H23BrN2O/c1-17-14(4-6-18(2)3)10-12-9-13(16)8-11-5-7-19-15(11)12/h8-9,14,17H,4-7,10H2,1-3H3. The lowest BCUT2D eigenvalue weighted by atomic mass is 10.00. The molecule has 1 N–H and O–H groups in total. The average Bonchev–Trinajstić information content (AvgIpc) is 2.81. The fourth-order valence-corrected chi connectivity index (χ4v) is 3.08. The van der Waals surface area contributed by atoms with Crippen LogP contribution in [0.25, 0.3) is 0 Å². The van der Waals surface area contributed by atoms with Crippen LogP contribution in [0.5, 0.6) is 5.75 Å². The summed E-state index contributed by atoms with van der Waals surface area (Å²) in [4.78, 5) is 2.23. The van der Waals surface area contributed by atoms with Crippen LogP contribution >= 0.6 is 15.9 Å². The second-order valence-electron chi connectivity index (χ2n) is 5.43. The Bertz CT molecular complexity index is 434. The van der Waals surface area contributed by atoms with Gasteiger partial charge in [0.1, 0.15) is 5.75 Å². The molecular formula is C15H23BrN2O. The van der Waals surface area contributed by atoms with Gasteiger partial charge in [-0.1, -0.05) is 15.9 Å². The molecule has 0 radical (unpaired) electrons. The first-order valence-corrected chi connectivity index (χ1v) is 7.65. The van der Waals surface area contributed by atoms with Crippen LogP contribution in [0.1, 0.15) is 17.5 Å². The van der Waals surface area contributed by atoms with Crippen molar-refractivity contribution in [2.45, 2.75) is 25.3 Å². The van der Waals surface area contributed by atoms with E-state index in [1.807, 2.05) is 7.05 Å². The first kappa shape index (κ1) is 14.8. The number of ether oxygens (including phenoxy) is 1. The zero-order chi connectivity index (χ0) is 13.8. The average molecular weight is 327 g/mol. The molecule has 2 rings (SSSR count). The summed E-state index contributed by atoms with van der Waals surface area (Å²) in [6, 6.07) is 4.87. The highest BCUT2D eigenvalue weighted by atomic mass is 79.9. The number of halogens is 1. The summed E-state index contributed by atoms with van der Waals surface area (Å²) in [6.07, 6.45) is 3.20. The third-order valence-electron chi connectivity index (χ3n) is 3.62. The van der Waals surface area contributed by atoms with Crippen LogP contribution in [0.15, 0.2) is 16.6 Å². The summed E-state index contributed by atoms with van der Waals surface area (Å²) in [6.45, 7) is 1.92. The summed E-state index contributed by atoms with van der Waals surface area (Å²) in [5.74, 6) is 1.12. The molecule has 1 aliphatic heterocycles. The number of likely N-dealkylation sites (N-methyl/N-ethyl adjacent to an activating group) is 1. The molecule has 0 fully saturated rings. The fraction of sp³-hybridized carbons (Fsp3) is 0.600. The highest BCUT2D eigenvalue weighted by Crippen LogP contribution is 2.33. The first-order chi connectivity index (χ1) is 9.10. The van der Waals surface area contributed by atoms with E-state index >= 15 is 0 Å². The summed E-state index contributed by atoms with van der Waals surface area (Å²) in [5, 5.41) is 3.42. The Balaban J connectivity index is 2.09. The lowest BCUT2D eigenvalue weighted by Gasteiger charge is -2.20. The van der Waals surface area contributed by atoms with Gasteiger partial charge >= 0.3 is 0 Å². The second kappa shape index (κ2) is 6.73. The molecule has 1 aromatic rings. The number of hydrogen-bond acceptors (Lipinski definition) is 3. The fourth-order valence-electron chi connectivity index (χ4n) is 2.53. The zero-order valence-electron chi connectivity index (χ0n) is 12.0. The van der Waals surface area contributed by atoms with Crippen molar-refractivity contribution in [2.24, 2.45) is 0 Å². The van der Waals surface area contributed by atoms with E-state index in [0.29, 0.717) is 6.04 Å². The number of fused-ring (bicyclic) bond motifs is 1. The van der Waals surface area contributed by atoms with Crippen molar-refractivity contribution in [2.75, 3.05) is 34.3 Å². The van der Waals surface area contributed by atoms with Gasteiger partial charge in [-0.2, -0.15) is 0 Å². The van der Waals surface area contributed by atoms with E-state index in [1.165, 1.54) is 11.1 Å². The molecule has 0 aliphatic carbocycles. The normalized spacial score (nSPS) is 15.4. The molecule has 19 heavy (non-hydrogen) atoms. The predicted molar refractivity (Wildman–Crippen MR) is 83.1 cm³/mol. The maximum Gasteiger partial charge on any atom is 0.125 e. The molecule has 1 aliphatic rings. The lowest BCUT2D eigenvalue weighted by Crippen LogP contribution is -2.31. The smallest absolute Gasteiger partial charge is 0.125 e. The zero-order valence-corrected chi connectivity index (χ0v) is 13.6. The Morgan fingerprint density at radius 2 is 2.21 bits per heavy atom. The summed E-state index contributed by atoms with van der Waals surface area (Å²) >= 11 is 3.61. The quantitative estimate of drug-likeness (QED) is 0.869. The molecule has 106 valence electrons. The molecule has 0 saturated heterocycles. The van der Waals surface area contributed by atoms with Gasteiger partial charge in [0, 0.05) is 16.9 Å². The molecule has 0 saturated carbocycles. The molecule has 0 aromatic heterocycles. The molecular weight excluding hydrogens is 304 g/mol. The van der Waals surface area contributed by atoms with E-state index in [9.17, 15) is 0 Å². The Morgan fingerprint density at radius 1 is 1.42 bits per heavy atom. The predicted octanol–water partition coefficient (Wildman–Crippen LogP) is 2.47. The Morgan fingerprint density at radius 3 is 2.89 bits per heavy atom. The van der Waals surface area contributed by atoms with Gasteiger partial charge < -0.3 is 15.0 Å². The molecule has 1 aromatic carbocycles. The van der Waals surface area contributed by atoms with Crippen molar-refractivity contribution >= 4 is 15.9 Å². The van der Waals surface area contributed by atoms with Gasteiger partial charge in [-0.05, 0) is 63.8 Å². The van der Waals surface area contributed by atoms with Gasteiger partial charge in [0.2, 0.25) is 0 Å². The van der Waals surface area contributed by atoms with E-state index in [4.69, 9.17) is 4.74 Å². The van der Waals surface area contributed by atoms with E-state index in [-0.39, 0.29) is 0 Å². The van der Waals surface area contributed by atoms with Crippen LogP contribution in [-0.4, -0.2) is 45.2 Å². The largest absolute Gasteiger partial charge is 0.493 e. The van der Waals surface area contributed by atoms with Crippen LogP contribution < -0.4 is 10.1 Å². The van der Waals surface area contributed by atoms with Crippen molar-refractivity contribution in [1.82, 2.24) is 10.2 Å². The number of rotatable bonds is 6.